The maximum Gasteiger partial charge on any atom is 0.181 e. The smallest absolute Gasteiger partial charge is 0.181 e. The molecule has 7 atom stereocenters. The summed E-state index contributed by atoms with van der Waals surface area (Å²) in [6.45, 7) is 18.4. The molecule has 0 bridgehead atoms. The lowest BCUT2D eigenvalue weighted by Crippen LogP contribution is -2.19. The van der Waals surface area contributed by atoms with E-state index in [0.717, 1.165) is 56.8 Å². The summed E-state index contributed by atoms with van der Waals surface area (Å²) in [6, 6.07) is 40.6. The van der Waals surface area contributed by atoms with Crippen LogP contribution in [-0.2, 0) is 78.4 Å². The second-order valence-electron chi connectivity index (χ2n) is 19.6. The summed E-state index contributed by atoms with van der Waals surface area (Å²) in [7, 11) is -0.576. The molecule has 17 heteroatoms. The van der Waals surface area contributed by atoms with Gasteiger partial charge in [0.05, 0.1) is 46.2 Å². The summed E-state index contributed by atoms with van der Waals surface area (Å²) >= 11 is 5.73. The minimum Gasteiger partial charge on any atom is -0.393 e. The monoisotopic (exact) mass is 1090 g/mol. The van der Waals surface area contributed by atoms with Gasteiger partial charge < -0.3 is 48.1 Å². The number of halogens is 1. The van der Waals surface area contributed by atoms with Crippen molar-refractivity contribution >= 4 is 43.1 Å². The Morgan fingerprint density at radius 1 is 0.562 bits per heavy atom. The van der Waals surface area contributed by atoms with Gasteiger partial charge >= 0.3 is 0 Å². The van der Waals surface area contributed by atoms with Crippen molar-refractivity contribution in [3.63, 3.8) is 0 Å². The predicted molar refractivity (Wildman–Crippen MR) is 291 cm³/mol. The number of rotatable bonds is 20. The van der Waals surface area contributed by atoms with Crippen LogP contribution in [0.15, 0.2) is 121 Å². The quantitative estimate of drug-likeness (QED) is 0.0564. The highest BCUT2D eigenvalue weighted by molar-refractivity contribution is 8.15. The van der Waals surface area contributed by atoms with Crippen LogP contribution >= 0.6 is 43.1 Å². The Morgan fingerprint density at radius 2 is 0.918 bits per heavy atom. The second-order valence-corrected chi connectivity index (χ2v) is 28.5. The van der Waals surface area contributed by atoms with Gasteiger partial charge in [-0.2, -0.15) is 0 Å². The SMILES string of the molecule is CC1(C)OCC(c2ccc(CCl)cc2)O1.CP(Cc1ccc([C@@H](O)CO)cc1)P=O.CP(Cc1ccc([C@H](COCc2ccc(C3COC(C)(C)O3)cc2)OCc2ccc(C3COC(C)(C)O3)cc2)cc1)P=O. The van der Waals surface area contributed by atoms with E-state index in [1.54, 1.807) is 12.1 Å². The molecule has 0 radical (unpaired) electrons. The lowest BCUT2D eigenvalue weighted by Gasteiger charge is -2.20. The Bertz CT molecular complexity index is 2440. The lowest BCUT2D eigenvalue weighted by molar-refractivity contribution is -0.139. The van der Waals surface area contributed by atoms with Crippen molar-refractivity contribution in [3.8, 4) is 0 Å². The van der Waals surface area contributed by atoms with Crippen LogP contribution < -0.4 is 0 Å². The van der Waals surface area contributed by atoms with Gasteiger partial charge in [-0.3, -0.25) is 9.13 Å². The molecule has 5 aromatic carbocycles. The molecule has 0 saturated carbocycles. The highest BCUT2D eigenvalue weighted by atomic mass is 35.5. The van der Waals surface area contributed by atoms with Crippen LogP contribution in [0.1, 0.15) is 128 Å². The average molecular weight is 1100 g/mol. The third-order valence-corrected chi connectivity index (χ3v) is 17.2. The first kappa shape index (κ1) is 59.3. The minimum absolute atomic E-state index is 0.0457. The number of benzene rings is 5. The van der Waals surface area contributed by atoms with E-state index in [-0.39, 0.29) is 47.3 Å². The summed E-state index contributed by atoms with van der Waals surface area (Å²) in [6.07, 6.45) is 0.526. The van der Waals surface area contributed by atoms with Crippen molar-refractivity contribution in [1.29, 1.82) is 0 Å². The van der Waals surface area contributed by atoms with Crippen LogP contribution in [0, 0.1) is 0 Å². The van der Waals surface area contributed by atoms with E-state index in [2.05, 4.69) is 72.8 Å². The molecule has 2 N–H and O–H groups in total. The number of aliphatic hydroxyl groups excluding tert-OH is 2. The first-order valence-corrected chi connectivity index (χ1v) is 31.9. The maximum atomic E-state index is 11.2. The molecule has 3 heterocycles. The molecule has 5 aromatic rings. The van der Waals surface area contributed by atoms with E-state index in [1.165, 1.54) is 5.56 Å². The van der Waals surface area contributed by atoms with Gasteiger partial charge in [-0.15, -0.1) is 11.6 Å². The Hall–Kier alpha value is -2.95. The fourth-order valence-corrected chi connectivity index (χ4v) is 11.2. The molecule has 8 rings (SSSR count). The van der Waals surface area contributed by atoms with E-state index in [1.807, 2.05) is 91.3 Å². The molecule has 394 valence electrons. The van der Waals surface area contributed by atoms with Crippen molar-refractivity contribution < 1.29 is 57.2 Å². The van der Waals surface area contributed by atoms with Crippen molar-refractivity contribution in [1.82, 2.24) is 0 Å². The molecule has 3 fully saturated rings. The molecule has 73 heavy (non-hydrogen) atoms. The summed E-state index contributed by atoms with van der Waals surface area (Å²) < 4.78 is 69.1. The van der Waals surface area contributed by atoms with Gasteiger partial charge in [0, 0.05) is 18.2 Å². The normalized spacial score (nSPS) is 21.4. The summed E-state index contributed by atoms with van der Waals surface area (Å²) in [4.78, 5) is 0. The predicted octanol–water partition coefficient (Wildman–Crippen LogP) is 14.4. The van der Waals surface area contributed by atoms with E-state index in [9.17, 15) is 14.2 Å². The molecule has 0 aromatic heterocycles. The van der Waals surface area contributed by atoms with Gasteiger partial charge in [0.2, 0.25) is 0 Å². The van der Waals surface area contributed by atoms with Gasteiger partial charge in [0.25, 0.3) is 0 Å². The summed E-state index contributed by atoms with van der Waals surface area (Å²) in [5.74, 6) is -1.02. The first-order valence-electron chi connectivity index (χ1n) is 24.4. The Morgan fingerprint density at radius 3 is 1.26 bits per heavy atom. The molecule has 0 aliphatic carbocycles. The second kappa shape index (κ2) is 28.4. The third-order valence-electron chi connectivity index (χ3n) is 12.2. The summed E-state index contributed by atoms with van der Waals surface area (Å²) in [5, 5.41) is 18.1. The van der Waals surface area contributed by atoms with Crippen LogP contribution in [0.3, 0.4) is 0 Å². The number of hydrogen-bond donors (Lipinski definition) is 2. The zero-order chi connectivity index (χ0) is 52.6. The van der Waals surface area contributed by atoms with Crippen molar-refractivity contribution in [2.45, 2.75) is 121 Å². The third kappa shape index (κ3) is 19.2. The highest BCUT2D eigenvalue weighted by Gasteiger charge is 2.35. The summed E-state index contributed by atoms with van der Waals surface area (Å²) in [5.41, 5.74) is 10.7. The Balaban J connectivity index is 0.000000234. The number of ether oxygens (including phenoxy) is 8. The molecular formula is C56H71ClO12P4. The molecule has 3 aliphatic heterocycles. The number of hydrogen-bond acceptors (Lipinski definition) is 12. The first-order chi connectivity index (χ1) is 34.9. The fraction of sp³-hybridized carbons (Fsp3) is 0.464. The molecule has 0 amide bonds. The van der Waals surface area contributed by atoms with Gasteiger partial charge in [0.15, 0.2) is 33.7 Å². The standard InChI is InChI=1S/C34H42O7P2.C12H15ClO2.C10H14O3P2/c1-33(2)38-21-31(40-33)28-12-6-24(7-13-28)18-36-20-30(27-16-10-26(11-17-27)23-43(5)42-35)37-19-25-8-14-29(15-9-25)32-22-39-34(3,4)41-32;1-12(2)14-8-11(15-12)10-5-3-9(7-13)4-6-10;1-15(14-13)7-8-2-4-9(5-3-8)10(12)6-11/h6-17,30-32H,18-23H2,1-5H3;3-6,11H,7-8H2,1-2H3;2-5,10-12H,6-7H2,1H3/t30-,31?,32?,43?;;10-,15?/m0.0/s1. The van der Waals surface area contributed by atoms with Crippen LogP contribution in [0.4, 0.5) is 0 Å². The number of alkyl halides is 1. The molecular weight excluding hydrogens is 1020 g/mol. The van der Waals surface area contributed by atoms with Crippen molar-refractivity contribution in [2.24, 2.45) is 0 Å². The van der Waals surface area contributed by atoms with Gasteiger partial charge in [-0.1, -0.05) is 121 Å². The van der Waals surface area contributed by atoms with Crippen LogP contribution in [-0.4, -0.2) is 73.9 Å². The largest absolute Gasteiger partial charge is 0.393 e. The van der Waals surface area contributed by atoms with Crippen LogP contribution in [0.5, 0.6) is 0 Å². The Kier molecular flexibility index (Phi) is 23.1. The van der Waals surface area contributed by atoms with E-state index >= 15 is 0 Å². The Labute approximate surface area is 442 Å². The van der Waals surface area contributed by atoms with Gasteiger partial charge in [0.1, 0.15) is 30.5 Å². The van der Waals surface area contributed by atoms with Crippen LogP contribution in [0.25, 0.3) is 0 Å². The molecule has 0 spiro atoms. The van der Waals surface area contributed by atoms with Crippen LogP contribution in [0.2, 0.25) is 0 Å². The fourth-order valence-electron chi connectivity index (χ4n) is 8.13. The number of aliphatic hydroxyl groups is 2. The van der Waals surface area contributed by atoms with Crippen molar-refractivity contribution in [2.75, 3.05) is 46.4 Å². The molecule has 5 unspecified atom stereocenters. The zero-order valence-corrected chi connectivity index (χ0v) is 47.5. The van der Waals surface area contributed by atoms with Gasteiger partial charge in [-0.05, 0) is 126 Å². The zero-order valence-electron chi connectivity index (χ0n) is 43.1. The average Bonchev–Trinajstić information content (AvgIpc) is 4.09. The molecule has 12 nitrogen and oxygen atoms in total. The van der Waals surface area contributed by atoms with E-state index in [0.29, 0.717) is 51.1 Å². The van der Waals surface area contributed by atoms with Crippen molar-refractivity contribution in [3.05, 3.63) is 177 Å². The van der Waals surface area contributed by atoms with E-state index in [4.69, 9.17) is 54.6 Å². The van der Waals surface area contributed by atoms with E-state index < -0.39 is 38.7 Å². The minimum atomic E-state index is -0.806. The molecule has 3 aliphatic rings. The lowest BCUT2D eigenvalue weighted by atomic mass is 10.1. The van der Waals surface area contributed by atoms with Gasteiger partial charge in [-0.25, -0.2) is 0 Å². The highest BCUT2D eigenvalue weighted by Crippen LogP contribution is 2.48. The maximum absolute atomic E-state index is 11.2. The molecule has 3 saturated heterocycles. The topological polar surface area (TPSA) is 148 Å².